The summed E-state index contributed by atoms with van der Waals surface area (Å²) in [7, 11) is -4.01. The predicted octanol–water partition coefficient (Wildman–Crippen LogP) is 4.69. The molecule has 0 aliphatic rings. The number of hydrogen-bond acceptors (Lipinski definition) is 8. The highest BCUT2D eigenvalue weighted by Crippen LogP contribution is 2.46. The number of fused-ring (bicyclic) bond motifs is 3. The van der Waals surface area contributed by atoms with Crippen LogP contribution in [-0.4, -0.2) is 38.8 Å². The fourth-order valence-corrected chi connectivity index (χ4v) is 5.49. The molecule has 3 N–H and O–H groups in total. The third-order valence-electron chi connectivity index (χ3n) is 5.28. The topological polar surface area (TPSA) is 131 Å². The number of rotatable bonds is 10. The fourth-order valence-electron chi connectivity index (χ4n) is 3.81. The zero-order valence-electron chi connectivity index (χ0n) is 20.6. The molecule has 2 heterocycles. The van der Waals surface area contributed by atoms with E-state index >= 15 is 0 Å². The Labute approximate surface area is 209 Å². The van der Waals surface area contributed by atoms with Gasteiger partial charge < -0.3 is 19.6 Å². The average molecular weight is 512 g/mol. The molecule has 11 heteroatoms. The standard InChI is InChI=1S/C25H30N5O5P/c1-16(2)33-25(31)18(4)29-36(32,35-19-10-6-5-7-11-19)34-17(3)14-30-15-27-22-23(30)20-12-8-9-13-21(20)28-24(22)26/h5-13,15-18H,14H2,1-4H3,(H2,26,28)(H,29,32). The van der Waals surface area contributed by atoms with Crippen molar-refractivity contribution >= 4 is 41.5 Å². The summed E-state index contributed by atoms with van der Waals surface area (Å²) in [6.07, 6.45) is 0.724. The van der Waals surface area contributed by atoms with Crippen LogP contribution in [0.25, 0.3) is 21.9 Å². The number of ether oxygens (including phenoxy) is 1. The molecule has 4 rings (SSSR count). The van der Waals surface area contributed by atoms with Crippen molar-refractivity contribution in [2.45, 2.75) is 52.5 Å². The third-order valence-corrected chi connectivity index (χ3v) is 7.07. The number of para-hydroxylation sites is 2. The van der Waals surface area contributed by atoms with Crippen LogP contribution < -0.4 is 15.3 Å². The van der Waals surface area contributed by atoms with E-state index in [0.29, 0.717) is 23.6 Å². The lowest BCUT2D eigenvalue weighted by Gasteiger charge is -2.26. The van der Waals surface area contributed by atoms with Gasteiger partial charge in [0.05, 0.1) is 36.1 Å². The summed E-state index contributed by atoms with van der Waals surface area (Å²) in [6, 6.07) is 15.3. The van der Waals surface area contributed by atoms with Gasteiger partial charge in [-0.25, -0.2) is 14.5 Å². The zero-order chi connectivity index (χ0) is 25.9. The lowest BCUT2D eigenvalue weighted by molar-refractivity contribution is -0.149. The monoisotopic (exact) mass is 511 g/mol. The number of nitrogens with one attached hydrogen (secondary N) is 1. The second-order valence-corrected chi connectivity index (χ2v) is 10.4. The van der Waals surface area contributed by atoms with Crippen LogP contribution in [0, 0.1) is 0 Å². The molecule has 10 nitrogen and oxygen atoms in total. The Hall–Kier alpha value is -3.46. The van der Waals surface area contributed by atoms with E-state index in [1.807, 2.05) is 34.9 Å². The van der Waals surface area contributed by atoms with Crippen molar-refractivity contribution < 1.29 is 23.1 Å². The van der Waals surface area contributed by atoms with Crippen molar-refractivity contribution in [2.75, 3.05) is 5.73 Å². The summed E-state index contributed by atoms with van der Waals surface area (Å²) in [6.45, 7) is 7.08. The normalized spacial score (nSPS) is 15.0. The summed E-state index contributed by atoms with van der Waals surface area (Å²) >= 11 is 0. The SMILES string of the molecule is CC(C)OC(=O)C(C)NP(=O)(Oc1ccccc1)OC(C)Cn1cnc2c(N)nc3ccccc3c21. The molecular formula is C25H30N5O5P. The number of aromatic nitrogens is 3. The van der Waals surface area contributed by atoms with E-state index in [1.165, 1.54) is 0 Å². The molecule has 0 aliphatic carbocycles. The van der Waals surface area contributed by atoms with E-state index in [4.69, 9.17) is 19.5 Å². The molecule has 0 saturated carbocycles. The summed E-state index contributed by atoms with van der Waals surface area (Å²) in [5.74, 6) is 0.101. The molecule has 3 atom stereocenters. The van der Waals surface area contributed by atoms with Gasteiger partial charge in [0.1, 0.15) is 17.3 Å². The van der Waals surface area contributed by atoms with E-state index in [9.17, 15) is 9.36 Å². The number of nitrogens with zero attached hydrogens (tertiary/aromatic N) is 3. The van der Waals surface area contributed by atoms with Crippen LogP contribution in [0.4, 0.5) is 5.82 Å². The number of carbonyl (C=O) groups is 1. The van der Waals surface area contributed by atoms with Crippen molar-refractivity contribution in [3.63, 3.8) is 0 Å². The third kappa shape index (κ3) is 5.84. The van der Waals surface area contributed by atoms with Crippen LogP contribution in [0.2, 0.25) is 0 Å². The molecule has 0 aliphatic heterocycles. The van der Waals surface area contributed by atoms with Gasteiger partial charge in [0.15, 0.2) is 5.82 Å². The molecule has 4 aromatic rings. The van der Waals surface area contributed by atoms with Gasteiger partial charge in [0.25, 0.3) is 0 Å². The number of hydrogen-bond donors (Lipinski definition) is 2. The first-order valence-electron chi connectivity index (χ1n) is 11.7. The van der Waals surface area contributed by atoms with Gasteiger partial charge in [-0.15, -0.1) is 0 Å². The molecule has 2 aromatic carbocycles. The fraction of sp³-hybridized carbons (Fsp3) is 0.320. The molecule has 0 saturated heterocycles. The minimum atomic E-state index is -4.01. The minimum Gasteiger partial charge on any atom is -0.462 e. The molecule has 0 radical (unpaired) electrons. The Morgan fingerprint density at radius 3 is 2.50 bits per heavy atom. The summed E-state index contributed by atoms with van der Waals surface area (Å²) in [4.78, 5) is 21.2. The summed E-state index contributed by atoms with van der Waals surface area (Å²) < 4.78 is 32.7. The van der Waals surface area contributed by atoms with Crippen LogP contribution in [0.3, 0.4) is 0 Å². The molecule has 0 bridgehead atoms. The maximum Gasteiger partial charge on any atom is 0.459 e. The van der Waals surface area contributed by atoms with E-state index in [-0.39, 0.29) is 6.10 Å². The Morgan fingerprint density at radius 2 is 1.78 bits per heavy atom. The van der Waals surface area contributed by atoms with E-state index in [0.717, 1.165) is 16.4 Å². The molecule has 0 amide bonds. The number of esters is 1. The molecule has 190 valence electrons. The zero-order valence-corrected chi connectivity index (χ0v) is 21.5. The molecule has 36 heavy (non-hydrogen) atoms. The number of benzene rings is 2. The Bertz CT molecular complexity index is 1410. The molecular weight excluding hydrogens is 481 g/mol. The number of imidazole rings is 1. The van der Waals surface area contributed by atoms with E-state index in [1.54, 1.807) is 58.3 Å². The van der Waals surface area contributed by atoms with E-state index in [2.05, 4.69) is 15.1 Å². The van der Waals surface area contributed by atoms with Gasteiger partial charge in [0.2, 0.25) is 0 Å². The van der Waals surface area contributed by atoms with Crippen molar-refractivity contribution in [2.24, 2.45) is 0 Å². The number of nitrogens with two attached hydrogens (primary N) is 1. The van der Waals surface area contributed by atoms with Gasteiger partial charge in [-0.3, -0.25) is 9.32 Å². The second-order valence-electron chi connectivity index (χ2n) is 8.76. The van der Waals surface area contributed by atoms with Gasteiger partial charge in [-0.05, 0) is 45.9 Å². The average Bonchev–Trinajstić information content (AvgIpc) is 3.23. The largest absolute Gasteiger partial charge is 0.462 e. The molecule has 2 aromatic heterocycles. The van der Waals surface area contributed by atoms with Crippen LogP contribution in [0.15, 0.2) is 60.9 Å². The van der Waals surface area contributed by atoms with Crippen LogP contribution in [0.1, 0.15) is 27.7 Å². The molecule has 0 fully saturated rings. The number of nitrogen functional groups attached to an aromatic ring is 1. The maximum absolute atomic E-state index is 13.8. The van der Waals surface area contributed by atoms with Crippen molar-refractivity contribution in [1.29, 1.82) is 0 Å². The van der Waals surface area contributed by atoms with Crippen molar-refractivity contribution in [3.05, 3.63) is 60.9 Å². The van der Waals surface area contributed by atoms with Gasteiger partial charge in [-0.2, -0.15) is 5.09 Å². The number of pyridine rings is 1. The molecule has 0 spiro atoms. The van der Waals surface area contributed by atoms with Crippen molar-refractivity contribution in [1.82, 2.24) is 19.6 Å². The first-order chi connectivity index (χ1) is 17.1. The summed E-state index contributed by atoms with van der Waals surface area (Å²) in [5, 5.41) is 3.60. The van der Waals surface area contributed by atoms with Gasteiger partial charge >= 0.3 is 13.7 Å². The predicted molar refractivity (Wildman–Crippen MR) is 138 cm³/mol. The minimum absolute atomic E-state index is 0.290. The quantitative estimate of drug-likeness (QED) is 0.230. The smallest absolute Gasteiger partial charge is 0.459 e. The van der Waals surface area contributed by atoms with Gasteiger partial charge in [-0.1, -0.05) is 36.4 Å². The highest BCUT2D eigenvalue weighted by atomic mass is 31.2. The summed E-state index contributed by atoms with van der Waals surface area (Å²) in [5.41, 5.74) is 8.26. The van der Waals surface area contributed by atoms with Crippen LogP contribution in [0.5, 0.6) is 5.75 Å². The van der Waals surface area contributed by atoms with E-state index < -0.39 is 25.9 Å². The Balaban J connectivity index is 1.60. The lowest BCUT2D eigenvalue weighted by atomic mass is 10.2. The first-order valence-corrected chi connectivity index (χ1v) is 13.2. The Kier molecular flexibility index (Phi) is 7.59. The Morgan fingerprint density at radius 1 is 1.08 bits per heavy atom. The van der Waals surface area contributed by atoms with Crippen LogP contribution >= 0.6 is 7.75 Å². The number of carbonyl (C=O) groups excluding carboxylic acids is 1. The van der Waals surface area contributed by atoms with Gasteiger partial charge in [0, 0.05) is 5.39 Å². The highest BCUT2D eigenvalue weighted by Gasteiger charge is 2.34. The van der Waals surface area contributed by atoms with Crippen LogP contribution in [-0.2, 0) is 25.2 Å². The maximum atomic E-state index is 13.8. The second kappa shape index (κ2) is 10.7. The highest BCUT2D eigenvalue weighted by molar-refractivity contribution is 7.52. The molecule has 3 unspecified atom stereocenters. The van der Waals surface area contributed by atoms with Crippen molar-refractivity contribution in [3.8, 4) is 5.75 Å². The lowest BCUT2D eigenvalue weighted by Crippen LogP contribution is -2.37. The number of anilines is 1. The first kappa shape index (κ1) is 25.6.